The first-order chi connectivity index (χ1) is 13.8. The number of sulfonamides is 1. The molecule has 1 aliphatic heterocycles. The minimum atomic E-state index is -3.57. The number of rotatable bonds is 6. The minimum Gasteiger partial charge on any atom is -0.508 e. The second-order valence-corrected chi connectivity index (χ2v) is 9.27. The van der Waals surface area contributed by atoms with E-state index in [1.165, 1.54) is 28.6 Å². The first-order valence-electron chi connectivity index (χ1n) is 9.27. The number of benzene rings is 2. The zero-order chi connectivity index (χ0) is 21.0. The summed E-state index contributed by atoms with van der Waals surface area (Å²) >= 11 is 5.83. The summed E-state index contributed by atoms with van der Waals surface area (Å²) in [5.74, 6) is 0.334. The number of phenolic OH excluding ortho intramolecular Hbond substituents is 1. The van der Waals surface area contributed by atoms with Gasteiger partial charge in [0, 0.05) is 24.2 Å². The SMILES string of the molecule is CC(Oc1ccc(O)cc1)C(=O)NC1CCN(S(=O)(=O)c2ccc(Cl)cc2)CC1. The Labute approximate surface area is 175 Å². The molecule has 1 aliphatic rings. The molecule has 0 saturated carbocycles. The van der Waals surface area contributed by atoms with E-state index in [2.05, 4.69) is 5.32 Å². The van der Waals surface area contributed by atoms with Crippen molar-refractivity contribution in [3.63, 3.8) is 0 Å². The summed E-state index contributed by atoms with van der Waals surface area (Å²) in [7, 11) is -3.57. The first-order valence-corrected chi connectivity index (χ1v) is 11.1. The second-order valence-electron chi connectivity index (χ2n) is 6.89. The molecule has 1 unspecified atom stereocenters. The van der Waals surface area contributed by atoms with Gasteiger partial charge in [-0.1, -0.05) is 11.6 Å². The Morgan fingerprint density at radius 1 is 1.14 bits per heavy atom. The van der Waals surface area contributed by atoms with Gasteiger partial charge in [0.25, 0.3) is 5.91 Å². The molecule has 1 amide bonds. The zero-order valence-electron chi connectivity index (χ0n) is 15.9. The molecule has 0 bridgehead atoms. The maximum atomic E-state index is 12.7. The number of halogens is 1. The molecule has 2 aromatic rings. The van der Waals surface area contributed by atoms with Crippen LogP contribution in [0.2, 0.25) is 5.02 Å². The highest BCUT2D eigenvalue weighted by Crippen LogP contribution is 2.22. The summed E-state index contributed by atoms with van der Waals surface area (Å²) < 4.78 is 32.4. The van der Waals surface area contributed by atoms with Crippen LogP contribution in [-0.2, 0) is 14.8 Å². The van der Waals surface area contributed by atoms with Crippen molar-refractivity contribution in [2.45, 2.75) is 36.8 Å². The third-order valence-electron chi connectivity index (χ3n) is 4.77. The first kappa shape index (κ1) is 21.4. The van der Waals surface area contributed by atoms with Gasteiger partial charge >= 0.3 is 0 Å². The van der Waals surface area contributed by atoms with Crippen molar-refractivity contribution in [2.75, 3.05) is 13.1 Å². The molecule has 2 N–H and O–H groups in total. The molecule has 1 heterocycles. The van der Waals surface area contributed by atoms with Crippen molar-refractivity contribution in [3.05, 3.63) is 53.6 Å². The number of hydrogen-bond acceptors (Lipinski definition) is 5. The number of aromatic hydroxyl groups is 1. The van der Waals surface area contributed by atoms with Crippen molar-refractivity contribution in [1.82, 2.24) is 9.62 Å². The van der Waals surface area contributed by atoms with E-state index in [1.54, 1.807) is 31.2 Å². The Morgan fingerprint density at radius 3 is 2.31 bits per heavy atom. The summed E-state index contributed by atoms with van der Waals surface area (Å²) in [6, 6.07) is 12.1. The number of nitrogens with zero attached hydrogens (tertiary/aromatic N) is 1. The summed E-state index contributed by atoms with van der Waals surface area (Å²) in [5, 5.41) is 12.7. The Balaban J connectivity index is 1.51. The van der Waals surface area contributed by atoms with Gasteiger partial charge in [-0.2, -0.15) is 4.31 Å². The predicted molar refractivity (Wildman–Crippen MR) is 110 cm³/mol. The molecule has 0 aromatic heterocycles. The molecule has 1 fully saturated rings. The van der Waals surface area contributed by atoms with Crippen molar-refractivity contribution >= 4 is 27.5 Å². The highest BCUT2D eigenvalue weighted by molar-refractivity contribution is 7.89. The lowest BCUT2D eigenvalue weighted by atomic mass is 10.1. The Bertz CT molecular complexity index is 940. The quantitative estimate of drug-likeness (QED) is 0.723. The fraction of sp³-hybridized carbons (Fsp3) is 0.350. The van der Waals surface area contributed by atoms with Crippen LogP contribution in [0.15, 0.2) is 53.4 Å². The van der Waals surface area contributed by atoms with Gasteiger partial charge in [-0.05, 0) is 68.3 Å². The highest BCUT2D eigenvalue weighted by atomic mass is 35.5. The van der Waals surface area contributed by atoms with Crippen LogP contribution in [0.1, 0.15) is 19.8 Å². The maximum Gasteiger partial charge on any atom is 0.260 e. The zero-order valence-corrected chi connectivity index (χ0v) is 17.5. The Morgan fingerprint density at radius 2 is 1.72 bits per heavy atom. The lowest BCUT2D eigenvalue weighted by molar-refractivity contribution is -0.128. The normalized spacial score (nSPS) is 16.9. The van der Waals surface area contributed by atoms with Gasteiger partial charge in [0.1, 0.15) is 11.5 Å². The number of hydrogen-bond donors (Lipinski definition) is 2. The second kappa shape index (κ2) is 9.02. The summed E-state index contributed by atoms with van der Waals surface area (Å²) in [4.78, 5) is 12.6. The van der Waals surface area contributed by atoms with Gasteiger partial charge < -0.3 is 15.2 Å². The van der Waals surface area contributed by atoms with Crippen LogP contribution >= 0.6 is 11.6 Å². The van der Waals surface area contributed by atoms with Crippen LogP contribution in [0.4, 0.5) is 0 Å². The maximum absolute atomic E-state index is 12.7. The topological polar surface area (TPSA) is 95.9 Å². The summed E-state index contributed by atoms with van der Waals surface area (Å²) in [5.41, 5.74) is 0. The van der Waals surface area contributed by atoms with E-state index in [0.717, 1.165) is 0 Å². The number of carbonyl (C=O) groups is 1. The minimum absolute atomic E-state index is 0.120. The number of amides is 1. The summed E-state index contributed by atoms with van der Waals surface area (Å²) in [6.45, 7) is 2.29. The van der Waals surface area contributed by atoms with Gasteiger partial charge in [-0.3, -0.25) is 4.79 Å². The summed E-state index contributed by atoms with van der Waals surface area (Å²) in [6.07, 6.45) is 0.324. The van der Waals surface area contributed by atoms with Crippen molar-refractivity contribution in [3.8, 4) is 11.5 Å². The van der Waals surface area contributed by atoms with Gasteiger partial charge in [0.05, 0.1) is 4.90 Å². The van der Waals surface area contributed by atoms with E-state index in [4.69, 9.17) is 16.3 Å². The highest BCUT2D eigenvalue weighted by Gasteiger charge is 2.30. The van der Waals surface area contributed by atoms with Crippen molar-refractivity contribution in [1.29, 1.82) is 0 Å². The number of ether oxygens (including phenoxy) is 1. The van der Waals surface area contributed by atoms with E-state index in [9.17, 15) is 18.3 Å². The van der Waals surface area contributed by atoms with Crippen LogP contribution in [0.25, 0.3) is 0 Å². The standard InChI is InChI=1S/C20H23ClN2O5S/c1-14(28-18-6-4-17(24)5-7-18)20(25)22-16-10-12-23(13-11-16)29(26,27)19-8-2-15(21)3-9-19/h2-9,14,16,24H,10-13H2,1H3,(H,22,25). The van der Waals surface area contributed by atoms with E-state index in [-0.39, 0.29) is 22.6 Å². The molecule has 1 atom stereocenters. The molecule has 156 valence electrons. The van der Waals surface area contributed by atoms with Gasteiger partial charge in [-0.15, -0.1) is 0 Å². The van der Waals surface area contributed by atoms with Crippen molar-refractivity contribution in [2.24, 2.45) is 0 Å². The van der Waals surface area contributed by atoms with Crippen LogP contribution in [-0.4, -0.2) is 49.0 Å². The third-order valence-corrected chi connectivity index (χ3v) is 6.94. The van der Waals surface area contributed by atoms with E-state index < -0.39 is 16.1 Å². The Kier molecular flexibility index (Phi) is 6.66. The molecule has 7 nitrogen and oxygen atoms in total. The molecule has 2 aromatic carbocycles. The van der Waals surface area contributed by atoms with E-state index in [1.807, 2.05) is 0 Å². The largest absolute Gasteiger partial charge is 0.508 e. The van der Waals surface area contributed by atoms with E-state index in [0.29, 0.717) is 36.7 Å². The molecule has 1 saturated heterocycles. The molecule has 3 rings (SSSR count). The number of phenols is 1. The van der Waals surface area contributed by atoms with Crippen LogP contribution in [0.3, 0.4) is 0 Å². The van der Waals surface area contributed by atoms with Gasteiger partial charge in [0.15, 0.2) is 6.10 Å². The average Bonchev–Trinajstić information content (AvgIpc) is 2.70. The van der Waals surface area contributed by atoms with Crippen LogP contribution < -0.4 is 10.1 Å². The molecule has 0 spiro atoms. The third kappa shape index (κ3) is 5.41. The Hall–Kier alpha value is -2.29. The van der Waals surface area contributed by atoms with Gasteiger partial charge in [0.2, 0.25) is 10.0 Å². The fourth-order valence-electron chi connectivity index (χ4n) is 3.10. The average molecular weight is 439 g/mol. The smallest absolute Gasteiger partial charge is 0.260 e. The molecule has 29 heavy (non-hydrogen) atoms. The molecule has 9 heteroatoms. The number of nitrogens with one attached hydrogen (secondary N) is 1. The lowest BCUT2D eigenvalue weighted by Crippen LogP contribution is -2.49. The van der Waals surface area contributed by atoms with Gasteiger partial charge in [-0.25, -0.2) is 8.42 Å². The lowest BCUT2D eigenvalue weighted by Gasteiger charge is -2.32. The van der Waals surface area contributed by atoms with E-state index >= 15 is 0 Å². The molecular formula is C20H23ClN2O5S. The number of piperidine rings is 1. The van der Waals surface area contributed by atoms with Crippen LogP contribution in [0.5, 0.6) is 11.5 Å². The monoisotopic (exact) mass is 438 g/mol. The predicted octanol–water partition coefficient (Wildman–Crippen LogP) is 2.78. The van der Waals surface area contributed by atoms with Crippen LogP contribution in [0, 0.1) is 0 Å². The van der Waals surface area contributed by atoms with Crippen molar-refractivity contribution < 1.29 is 23.1 Å². The fourth-order valence-corrected chi connectivity index (χ4v) is 4.69. The molecule has 0 aliphatic carbocycles. The molecular weight excluding hydrogens is 416 g/mol. The molecule has 0 radical (unpaired) electrons. The number of carbonyl (C=O) groups excluding carboxylic acids is 1.